The molecule has 150 valence electrons. The number of nitrogens with zero attached hydrogens (tertiary/aromatic N) is 2. The minimum atomic E-state index is -0.684. The number of carbonyl (C=O) groups is 2. The van der Waals surface area contributed by atoms with Gasteiger partial charge in [0.25, 0.3) is 0 Å². The molecule has 0 spiro atoms. The number of benzene rings is 2. The van der Waals surface area contributed by atoms with E-state index >= 15 is 0 Å². The van der Waals surface area contributed by atoms with E-state index in [9.17, 15) is 9.59 Å². The smallest absolute Gasteiger partial charge is 0.412 e. The maximum absolute atomic E-state index is 12.9. The lowest BCUT2D eigenvalue weighted by Crippen LogP contribution is -2.60. The predicted molar refractivity (Wildman–Crippen MR) is 104 cm³/mol. The summed E-state index contributed by atoms with van der Waals surface area (Å²) in [5.41, 5.74) is 4.62. The second kappa shape index (κ2) is 7.17. The van der Waals surface area contributed by atoms with E-state index in [1.807, 2.05) is 24.3 Å². The lowest BCUT2D eigenvalue weighted by atomic mass is 9.98. The lowest BCUT2D eigenvalue weighted by molar-refractivity contribution is -0.142. The number of β-amino-alcohol motifs (C(OH)–C–C–N with tert-alkyl or cyclic N) is 1. The molecule has 2 atom stereocenters. The highest BCUT2D eigenvalue weighted by atomic mass is 16.6. The van der Waals surface area contributed by atoms with Crippen molar-refractivity contribution < 1.29 is 24.2 Å². The fourth-order valence-corrected chi connectivity index (χ4v) is 4.62. The second-order valence-electron chi connectivity index (χ2n) is 7.52. The van der Waals surface area contributed by atoms with Crippen LogP contribution in [0, 0.1) is 0 Å². The van der Waals surface area contributed by atoms with Crippen LogP contribution in [0.5, 0.6) is 0 Å². The largest absolute Gasteiger partial charge is 0.448 e. The van der Waals surface area contributed by atoms with Gasteiger partial charge in [-0.25, -0.2) is 4.79 Å². The van der Waals surface area contributed by atoms with Crippen molar-refractivity contribution in [3.63, 3.8) is 0 Å². The summed E-state index contributed by atoms with van der Waals surface area (Å²) in [7, 11) is 0. The van der Waals surface area contributed by atoms with Gasteiger partial charge in [0, 0.05) is 12.5 Å². The summed E-state index contributed by atoms with van der Waals surface area (Å²) < 4.78 is 11.3. The molecular formula is C22H22N2O5. The van der Waals surface area contributed by atoms with Crippen LogP contribution < -0.4 is 0 Å². The average Bonchev–Trinajstić information content (AvgIpc) is 3.26. The standard InChI is InChI=1S/C22H22N2O5/c25-10-9-23-11-20-24(19(13-28-20)21(23)26)22(27)29-12-18-16-7-3-1-5-14(16)15-6-2-4-8-17(15)18/h1-8,18-20,25H,9-13H2/t19-,20-/m0/s1. The van der Waals surface area contributed by atoms with Crippen LogP contribution in [-0.4, -0.2) is 72.1 Å². The number of piperazine rings is 1. The van der Waals surface area contributed by atoms with Gasteiger partial charge < -0.3 is 19.5 Å². The van der Waals surface area contributed by atoms with Crippen molar-refractivity contribution in [1.29, 1.82) is 0 Å². The molecule has 3 aliphatic rings. The summed E-state index contributed by atoms with van der Waals surface area (Å²) in [6.07, 6.45) is -1.06. The van der Waals surface area contributed by atoms with E-state index < -0.39 is 18.4 Å². The van der Waals surface area contributed by atoms with Crippen LogP contribution >= 0.6 is 0 Å². The van der Waals surface area contributed by atoms with Gasteiger partial charge in [-0.3, -0.25) is 9.69 Å². The third-order valence-electron chi connectivity index (χ3n) is 5.98. The van der Waals surface area contributed by atoms with E-state index in [0.29, 0.717) is 0 Å². The Labute approximate surface area is 168 Å². The number of ether oxygens (including phenoxy) is 2. The van der Waals surface area contributed by atoms with Gasteiger partial charge in [0.15, 0.2) is 6.23 Å². The summed E-state index contributed by atoms with van der Waals surface area (Å²) >= 11 is 0. The third-order valence-corrected chi connectivity index (χ3v) is 5.98. The Balaban J connectivity index is 1.33. The first-order chi connectivity index (χ1) is 14.2. The Bertz CT molecular complexity index is 916. The summed E-state index contributed by atoms with van der Waals surface area (Å²) in [5, 5.41) is 9.13. The Hall–Kier alpha value is -2.90. The monoisotopic (exact) mass is 394 g/mol. The Morgan fingerprint density at radius 3 is 2.41 bits per heavy atom. The fraction of sp³-hybridized carbons (Fsp3) is 0.364. The molecular weight excluding hydrogens is 372 g/mol. The molecule has 0 aromatic heterocycles. The van der Waals surface area contributed by atoms with Gasteiger partial charge in [-0.15, -0.1) is 0 Å². The van der Waals surface area contributed by atoms with Gasteiger partial charge in [0.1, 0.15) is 12.6 Å². The van der Waals surface area contributed by atoms with Crippen molar-refractivity contribution in [2.45, 2.75) is 18.2 Å². The Morgan fingerprint density at radius 1 is 1.10 bits per heavy atom. The molecule has 0 radical (unpaired) electrons. The number of hydrogen-bond acceptors (Lipinski definition) is 5. The molecule has 5 rings (SSSR count). The quantitative estimate of drug-likeness (QED) is 0.856. The first-order valence-electron chi connectivity index (χ1n) is 9.83. The zero-order valence-electron chi connectivity index (χ0n) is 15.9. The molecule has 0 saturated carbocycles. The summed E-state index contributed by atoms with van der Waals surface area (Å²) in [4.78, 5) is 28.4. The van der Waals surface area contributed by atoms with E-state index in [2.05, 4.69) is 24.3 Å². The molecule has 7 nitrogen and oxygen atoms in total. The van der Waals surface area contributed by atoms with Gasteiger partial charge in [-0.1, -0.05) is 48.5 Å². The molecule has 7 heteroatoms. The number of aliphatic hydroxyl groups is 1. The number of fused-ring (bicyclic) bond motifs is 5. The van der Waals surface area contributed by atoms with Crippen LogP contribution in [0.2, 0.25) is 0 Å². The van der Waals surface area contributed by atoms with E-state index in [4.69, 9.17) is 14.6 Å². The SMILES string of the molecule is O=C1[C@@H]2CO[C@@H](CN1CCO)N2C(=O)OCC1c2ccccc2-c2ccccc21. The van der Waals surface area contributed by atoms with E-state index in [-0.39, 0.29) is 44.7 Å². The van der Waals surface area contributed by atoms with Gasteiger partial charge in [-0.2, -0.15) is 0 Å². The molecule has 2 saturated heterocycles. The molecule has 2 aromatic rings. The molecule has 1 aliphatic carbocycles. The first kappa shape index (κ1) is 18.1. The van der Waals surface area contributed by atoms with E-state index in [1.165, 1.54) is 20.9 Å². The third kappa shape index (κ3) is 2.89. The van der Waals surface area contributed by atoms with Crippen molar-refractivity contribution in [3.05, 3.63) is 59.7 Å². The summed E-state index contributed by atoms with van der Waals surface area (Å²) in [6, 6.07) is 15.6. The number of amides is 2. The van der Waals surface area contributed by atoms with E-state index in [0.717, 1.165) is 11.1 Å². The van der Waals surface area contributed by atoms with Crippen LogP contribution in [0.15, 0.2) is 48.5 Å². The second-order valence-corrected chi connectivity index (χ2v) is 7.52. The number of hydrogen-bond donors (Lipinski definition) is 1. The van der Waals surface area contributed by atoms with Crippen LogP contribution in [0.25, 0.3) is 11.1 Å². The maximum Gasteiger partial charge on any atom is 0.412 e. The summed E-state index contributed by atoms with van der Waals surface area (Å²) in [6.45, 7) is 0.747. The highest BCUT2D eigenvalue weighted by molar-refractivity contribution is 5.88. The minimum absolute atomic E-state index is 0.0312. The highest BCUT2D eigenvalue weighted by Crippen LogP contribution is 2.44. The first-order valence-corrected chi connectivity index (χ1v) is 9.83. The molecule has 2 fully saturated rings. The maximum atomic E-state index is 12.9. The van der Waals surface area contributed by atoms with Gasteiger partial charge in [0.2, 0.25) is 5.91 Å². The Kier molecular flexibility index (Phi) is 4.49. The predicted octanol–water partition coefficient (Wildman–Crippen LogP) is 1.80. The fourth-order valence-electron chi connectivity index (χ4n) is 4.62. The van der Waals surface area contributed by atoms with Crippen LogP contribution in [-0.2, 0) is 14.3 Å². The topological polar surface area (TPSA) is 79.3 Å². The van der Waals surface area contributed by atoms with Crippen molar-refractivity contribution in [2.75, 3.05) is 32.9 Å². The van der Waals surface area contributed by atoms with Crippen molar-refractivity contribution in [3.8, 4) is 11.1 Å². The molecule has 1 N–H and O–H groups in total. The average molecular weight is 394 g/mol. The molecule has 2 bridgehead atoms. The van der Waals surface area contributed by atoms with Crippen LogP contribution in [0.4, 0.5) is 4.79 Å². The summed E-state index contributed by atoms with van der Waals surface area (Å²) in [5.74, 6) is -0.238. The highest BCUT2D eigenvalue weighted by Gasteiger charge is 2.49. The molecule has 2 amide bonds. The van der Waals surface area contributed by atoms with E-state index in [1.54, 1.807) is 0 Å². The molecule has 2 aliphatic heterocycles. The zero-order chi connectivity index (χ0) is 20.0. The number of carbonyl (C=O) groups excluding carboxylic acids is 2. The van der Waals surface area contributed by atoms with Gasteiger partial charge >= 0.3 is 6.09 Å². The van der Waals surface area contributed by atoms with Crippen LogP contribution in [0.1, 0.15) is 17.0 Å². The molecule has 2 aromatic carbocycles. The minimum Gasteiger partial charge on any atom is -0.448 e. The number of aliphatic hydroxyl groups excluding tert-OH is 1. The lowest BCUT2D eigenvalue weighted by Gasteiger charge is -2.37. The zero-order valence-corrected chi connectivity index (χ0v) is 15.9. The molecule has 2 heterocycles. The van der Waals surface area contributed by atoms with Gasteiger partial charge in [0.05, 0.1) is 19.8 Å². The van der Waals surface area contributed by atoms with Gasteiger partial charge in [-0.05, 0) is 22.3 Å². The normalized spacial score (nSPS) is 22.6. The molecule has 0 unspecified atom stereocenters. The Morgan fingerprint density at radius 2 is 1.76 bits per heavy atom. The van der Waals surface area contributed by atoms with Crippen LogP contribution in [0.3, 0.4) is 0 Å². The molecule has 29 heavy (non-hydrogen) atoms. The number of rotatable bonds is 4. The van der Waals surface area contributed by atoms with Crippen molar-refractivity contribution >= 4 is 12.0 Å². The van der Waals surface area contributed by atoms with Crippen molar-refractivity contribution in [1.82, 2.24) is 9.80 Å². The van der Waals surface area contributed by atoms with Crippen molar-refractivity contribution in [2.24, 2.45) is 0 Å².